The first-order valence-corrected chi connectivity index (χ1v) is 18.8. The molecule has 0 bridgehead atoms. The fourth-order valence-electron chi connectivity index (χ4n) is 6.93. The maximum absolute atomic E-state index is 16.0. The normalized spacial score (nSPS) is 19.2. The highest BCUT2D eigenvalue weighted by molar-refractivity contribution is 6.34. The van der Waals surface area contributed by atoms with Gasteiger partial charge >= 0.3 is 17.9 Å². The molecule has 4 heterocycles. The Balaban J connectivity index is 1.43. The van der Waals surface area contributed by atoms with Gasteiger partial charge in [0, 0.05) is 37.0 Å². The fraction of sp³-hybridized carbons (Fsp3) is 0.513. The van der Waals surface area contributed by atoms with E-state index in [2.05, 4.69) is 15.3 Å². The molecule has 15 heteroatoms. The number of piperazine rings is 1. The van der Waals surface area contributed by atoms with E-state index < -0.39 is 34.9 Å². The summed E-state index contributed by atoms with van der Waals surface area (Å²) < 4.78 is 28.6. The second-order valence-electron chi connectivity index (χ2n) is 16.6. The van der Waals surface area contributed by atoms with Crippen LogP contribution in [-0.2, 0) is 9.47 Å². The summed E-state index contributed by atoms with van der Waals surface area (Å²) in [7, 11) is 0. The van der Waals surface area contributed by atoms with Crippen LogP contribution in [0.1, 0.15) is 104 Å². The summed E-state index contributed by atoms with van der Waals surface area (Å²) in [6.07, 6.45) is 4.02. The molecule has 3 aromatic heterocycles. The lowest BCUT2D eigenvalue weighted by Crippen LogP contribution is -2.59. The second kappa shape index (κ2) is 13.8. The van der Waals surface area contributed by atoms with Crippen molar-refractivity contribution in [2.24, 2.45) is 0 Å². The highest BCUT2D eigenvalue weighted by Gasteiger charge is 2.39. The largest absolute Gasteiger partial charge is 0.444 e. The summed E-state index contributed by atoms with van der Waals surface area (Å²) >= 11 is 7.05. The quantitative estimate of drug-likeness (QED) is 0.205. The highest BCUT2D eigenvalue weighted by atomic mass is 35.5. The highest BCUT2D eigenvalue weighted by Crippen LogP contribution is 2.48. The van der Waals surface area contributed by atoms with Gasteiger partial charge in [-0.3, -0.25) is 5.32 Å². The van der Waals surface area contributed by atoms with Crippen LogP contribution >= 0.6 is 11.6 Å². The van der Waals surface area contributed by atoms with Crippen molar-refractivity contribution in [2.75, 3.05) is 23.3 Å². The zero-order valence-electron chi connectivity index (χ0n) is 31.9. The van der Waals surface area contributed by atoms with Crippen molar-refractivity contribution < 1.29 is 23.5 Å². The Morgan fingerprint density at radius 1 is 0.907 bits per heavy atom. The lowest BCUT2D eigenvalue weighted by molar-refractivity contribution is 0.0129. The molecular weight excluding hydrogens is 715 g/mol. The second-order valence-corrected chi connectivity index (χ2v) is 17.0. The molecule has 1 saturated heterocycles. The van der Waals surface area contributed by atoms with Gasteiger partial charge in [0.2, 0.25) is 0 Å². The van der Waals surface area contributed by atoms with Crippen LogP contribution in [0.3, 0.4) is 0 Å². The van der Waals surface area contributed by atoms with Crippen LogP contribution in [-0.4, -0.2) is 78.0 Å². The number of fused-ring (bicyclic) bond motifs is 1. The molecule has 2 atom stereocenters. The lowest BCUT2D eigenvalue weighted by atomic mass is 10.1. The molecule has 13 nitrogen and oxygen atoms in total. The first-order chi connectivity index (χ1) is 25.4. The SMILES string of the molecule is C[C@@H]1CN(c2nc(=O)n(-c3c(C4CC4)ncnc3C3CC3)c3nc(-c4c(F)cccc4NC(=O)OC(C)(C)C)c(Cl)cc23)[C@@H](C)CN1C(=O)OC(C)(C)C. The third-order valence-electron chi connectivity index (χ3n) is 9.60. The molecule has 4 aromatic rings. The molecule has 1 aliphatic heterocycles. The Bertz CT molecular complexity index is 2180. The van der Waals surface area contributed by atoms with Crippen molar-refractivity contribution in [3.8, 4) is 16.9 Å². The minimum absolute atomic E-state index is 0.00702. The number of nitrogens with one attached hydrogen (secondary N) is 1. The molecule has 3 fully saturated rings. The van der Waals surface area contributed by atoms with Crippen LogP contribution in [0, 0.1) is 5.82 Å². The van der Waals surface area contributed by atoms with Gasteiger partial charge in [-0.05, 0) is 99.3 Å². The number of anilines is 2. The van der Waals surface area contributed by atoms with Crippen LogP contribution in [0.25, 0.3) is 28.0 Å². The van der Waals surface area contributed by atoms with Crippen molar-refractivity contribution in [1.29, 1.82) is 0 Å². The monoisotopic (exact) mass is 760 g/mol. The fourth-order valence-corrected chi connectivity index (χ4v) is 7.17. The van der Waals surface area contributed by atoms with E-state index in [0.717, 1.165) is 37.1 Å². The number of rotatable bonds is 6. The van der Waals surface area contributed by atoms with Gasteiger partial charge in [-0.25, -0.2) is 38.3 Å². The number of halogens is 2. The van der Waals surface area contributed by atoms with E-state index >= 15 is 4.39 Å². The van der Waals surface area contributed by atoms with Gasteiger partial charge < -0.3 is 19.3 Å². The molecule has 1 aromatic carbocycles. The predicted octanol–water partition coefficient (Wildman–Crippen LogP) is 7.97. The Hall–Kier alpha value is -4.85. The molecule has 3 aliphatic rings. The number of nitrogens with zero attached hydrogens (tertiary/aromatic N) is 7. The summed E-state index contributed by atoms with van der Waals surface area (Å²) in [6, 6.07) is 5.28. The van der Waals surface area contributed by atoms with Gasteiger partial charge in [-0.2, -0.15) is 4.98 Å². The topological polar surface area (TPSA) is 145 Å². The summed E-state index contributed by atoms with van der Waals surface area (Å²) in [5.74, 6) is -0.0748. The van der Waals surface area contributed by atoms with Crippen LogP contribution in [0.4, 0.5) is 25.5 Å². The van der Waals surface area contributed by atoms with Crippen molar-refractivity contribution in [3.05, 3.63) is 63.3 Å². The maximum Gasteiger partial charge on any atom is 0.412 e. The van der Waals surface area contributed by atoms with Gasteiger partial charge in [-0.1, -0.05) is 17.7 Å². The van der Waals surface area contributed by atoms with Gasteiger partial charge in [0.1, 0.15) is 29.2 Å². The summed E-state index contributed by atoms with van der Waals surface area (Å²) in [5, 5.41) is 3.16. The van der Waals surface area contributed by atoms with Crippen molar-refractivity contribution in [2.45, 2.75) is 116 Å². The van der Waals surface area contributed by atoms with Crippen LogP contribution < -0.4 is 15.9 Å². The minimum Gasteiger partial charge on any atom is -0.444 e. The van der Waals surface area contributed by atoms with E-state index in [1.165, 1.54) is 22.8 Å². The third-order valence-corrected chi connectivity index (χ3v) is 9.89. The first kappa shape index (κ1) is 37.5. The smallest absolute Gasteiger partial charge is 0.412 e. The summed E-state index contributed by atoms with van der Waals surface area (Å²) in [6.45, 7) is 15.1. The lowest BCUT2D eigenvalue weighted by Gasteiger charge is -2.44. The van der Waals surface area contributed by atoms with Gasteiger partial charge in [0.05, 0.1) is 44.4 Å². The molecule has 2 amide bonds. The van der Waals surface area contributed by atoms with Gasteiger partial charge in [0.15, 0.2) is 5.65 Å². The Labute approximate surface area is 318 Å². The molecule has 0 radical (unpaired) electrons. The number of hydrogen-bond acceptors (Lipinski definition) is 10. The number of hydrogen-bond donors (Lipinski definition) is 1. The summed E-state index contributed by atoms with van der Waals surface area (Å²) in [5.41, 5.74) is 0.164. The molecule has 54 heavy (non-hydrogen) atoms. The first-order valence-electron chi connectivity index (χ1n) is 18.4. The Kier molecular flexibility index (Phi) is 9.56. The molecule has 2 aliphatic carbocycles. The van der Waals surface area contributed by atoms with E-state index in [4.69, 9.17) is 31.0 Å². The van der Waals surface area contributed by atoms with Crippen molar-refractivity contribution in [1.82, 2.24) is 29.4 Å². The minimum atomic E-state index is -0.806. The van der Waals surface area contributed by atoms with Crippen molar-refractivity contribution in [3.63, 3.8) is 0 Å². The van der Waals surface area contributed by atoms with E-state index in [-0.39, 0.29) is 51.5 Å². The third kappa shape index (κ3) is 7.57. The average molecular weight is 761 g/mol. The van der Waals surface area contributed by atoms with Gasteiger partial charge in [-0.15, -0.1) is 0 Å². The number of ether oxygens (including phenoxy) is 2. The zero-order valence-corrected chi connectivity index (χ0v) is 32.6. The molecule has 0 spiro atoms. The Morgan fingerprint density at radius 3 is 2.13 bits per heavy atom. The molecule has 286 valence electrons. The number of pyridine rings is 1. The predicted molar refractivity (Wildman–Crippen MR) is 204 cm³/mol. The molecular formula is C39H46ClFN8O5. The number of amides is 2. The Morgan fingerprint density at radius 2 is 1.54 bits per heavy atom. The van der Waals surface area contributed by atoms with Crippen molar-refractivity contribution >= 4 is 46.3 Å². The van der Waals surface area contributed by atoms with Crippen LogP contribution in [0.15, 0.2) is 35.4 Å². The van der Waals surface area contributed by atoms with E-state index in [1.807, 2.05) is 39.5 Å². The number of benzene rings is 1. The van der Waals surface area contributed by atoms with Gasteiger partial charge in [0.25, 0.3) is 0 Å². The number of aromatic nitrogens is 5. The zero-order chi connectivity index (χ0) is 38.9. The molecule has 1 N–H and O–H groups in total. The summed E-state index contributed by atoms with van der Waals surface area (Å²) in [4.78, 5) is 63.4. The molecule has 2 saturated carbocycles. The van der Waals surface area contributed by atoms with Crippen LogP contribution in [0.2, 0.25) is 5.02 Å². The number of carbonyl (C=O) groups excluding carboxylic acids is 2. The molecule has 0 unspecified atom stereocenters. The number of carbonyl (C=O) groups is 2. The van der Waals surface area contributed by atoms with E-state index in [0.29, 0.717) is 30.0 Å². The maximum atomic E-state index is 16.0. The van der Waals surface area contributed by atoms with E-state index in [1.54, 1.807) is 38.1 Å². The van der Waals surface area contributed by atoms with E-state index in [9.17, 15) is 14.4 Å². The average Bonchev–Trinajstić information content (AvgIpc) is 3.98. The standard InChI is InChI=1S/C39H46ClFN8O5/c1-20-18-48(37(52)54-39(6,7)8)21(2)17-47(20)33-24-16-25(40)31(28-26(41)10-9-11-27(28)44-36(51)53-38(3,4)5)45-34(24)49(35(50)46-33)32-29(22-12-13-22)42-19-43-30(32)23-14-15-23/h9-11,16,19-23H,12-15,17-18H2,1-8H3,(H,44,51)/t20-,21+/m0/s1. The molecule has 7 rings (SSSR count). The van der Waals surface area contributed by atoms with Crippen LogP contribution in [0.5, 0.6) is 0 Å².